The number of methoxy groups -OCH3 is 1. The van der Waals surface area contributed by atoms with E-state index in [1.165, 1.54) is 6.08 Å². The van der Waals surface area contributed by atoms with Gasteiger partial charge in [-0.25, -0.2) is 0 Å². The summed E-state index contributed by atoms with van der Waals surface area (Å²) < 4.78 is 17.5. The first-order valence-corrected chi connectivity index (χ1v) is 12.7. The van der Waals surface area contributed by atoms with E-state index in [2.05, 4.69) is 5.32 Å². The molecule has 0 atom stereocenters. The predicted molar refractivity (Wildman–Crippen MR) is 153 cm³/mol. The maximum atomic E-state index is 12.7. The molecule has 0 aliphatic heterocycles. The summed E-state index contributed by atoms with van der Waals surface area (Å²) in [5.41, 5.74) is 2.77. The molecule has 0 saturated heterocycles. The van der Waals surface area contributed by atoms with Gasteiger partial charge in [-0.3, -0.25) is 4.79 Å². The van der Waals surface area contributed by atoms with Crippen molar-refractivity contribution in [1.29, 1.82) is 5.26 Å². The van der Waals surface area contributed by atoms with Crippen molar-refractivity contribution in [3.8, 4) is 23.3 Å². The van der Waals surface area contributed by atoms with Gasteiger partial charge in [0, 0.05) is 21.3 Å². The number of benzene rings is 4. The molecule has 4 aromatic rings. The van der Waals surface area contributed by atoms with Crippen LogP contribution in [0.1, 0.15) is 16.7 Å². The Morgan fingerprint density at radius 3 is 2.21 bits per heavy atom. The van der Waals surface area contributed by atoms with Crippen molar-refractivity contribution in [1.82, 2.24) is 0 Å². The summed E-state index contributed by atoms with van der Waals surface area (Å²) in [5, 5.41) is 13.3. The molecule has 0 unspecified atom stereocenters. The summed E-state index contributed by atoms with van der Waals surface area (Å²) in [6.45, 7) is 0.622. The van der Waals surface area contributed by atoms with Gasteiger partial charge in [0.15, 0.2) is 11.5 Å². The third-order valence-corrected chi connectivity index (χ3v) is 6.09. The molecule has 6 nitrogen and oxygen atoms in total. The number of ether oxygens (including phenoxy) is 3. The third kappa shape index (κ3) is 7.78. The molecule has 0 spiro atoms. The van der Waals surface area contributed by atoms with E-state index in [9.17, 15) is 10.1 Å². The Morgan fingerprint density at radius 1 is 0.821 bits per heavy atom. The topological polar surface area (TPSA) is 80.6 Å². The lowest BCUT2D eigenvalue weighted by Crippen LogP contribution is -2.13. The lowest BCUT2D eigenvalue weighted by Gasteiger charge is -2.14. The van der Waals surface area contributed by atoms with Crippen molar-refractivity contribution >= 4 is 40.9 Å². The van der Waals surface area contributed by atoms with Crippen LogP contribution >= 0.6 is 23.2 Å². The van der Waals surface area contributed by atoms with E-state index in [1.807, 2.05) is 54.6 Å². The number of anilines is 1. The molecule has 8 heteroatoms. The number of carbonyl (C=O) groups is 1. The van der Waals surface area contributed by atoms with Crippen molar-refractivity contribution in [2.24, 2.45) is 0 Å². The molecule has 196 valence electrons. The normalized spacial score (nSPS) is 10.9. The highest BCUT2D eigenvalue weighted by molar-refractivity contribution is 6.31. The van der Waals surface area contributed by atoms with Crippen molar-refractivity contribution in [3.05, 3.63) is 123 Å². The van der Waals surface area contributed by atoms with E-state index in [0.717, 1.165) is 11.1 Å². The minimum Gasteiger partial charge on any atom is -0.493 e. The Kier molecular flexibility index (Phi) is 9.47. The number of rotatable bonds is 10. The fraction of sp³-hybridized carbons (Fsp3) is 0.0968. The summed E-state index contributed by atoms with van der Waals surface area (Å²) in [7, 11) is 1.58. The van der Waals surface area contributed by atoms with Crippen LogP contribution in [0.3, 0.4) is 0 Å². The van der Waals surface area contributed by atoms with Crippen LogP contribution in [0.4, 0.5) is 5.69 Å². The van der Waals surface area contributed by atoms with Gasteiger partial charge in [0.2, 0.25) is 0 Å². The number of nitriles is 1. The van der Waals surface area contributed by atoms with Gasteiger partial charge in [-0.2, -0.15) is 5.26 Å². The van der Waals surface area contributed by atoms with Gasteiger partial charge in [0.1, 0.15) is 30.6 Å². The van der Waals surface area contributed by atoms with Gasteiger partial charge in [-0.15, -0.1) is 0 Å². The summed E-state index contributed by atoms with van der Waals surface area (Å²) in [4.78, 5) is 12.7. The molecule has 1 N–H and O–H groups in total. The predicted octanol–water partition coefficient (Wildman–Crippen LogP) is 7.71. The Labute approximate surface area is 237 Å². The van der Waals surface area contributed by atoms with Gasteiger partial charge in [-0.05, 0) is 71.8 Å². The first-order chi connectivity index (χ1) is 18.9. The van der Waals surface area contributed by atoms with Crippen molar-refractivity contribution < 1.29 is 19.0 Å². The average Bonchev–Trinajstić information content (AvgIpc) is 2.96. The monoisotopic (exact) mass is 558 g/mol. The van der Waals surface area contributed by atoms with E-state index >= 15 is 0 Å². The van der Waals surface area contributed by atoms with Gasteiger partial charge in [0.05, 0.1) is 7.11 Å². The van der Waals surface area contributed by atoms with Crippen LogP contribution in [0.25, 0.3) is 6.08 Å². The van der Waals surface area contributed by atoms with E-state index in [1.54, 1.807) is 49.6 Å². The van der Waals surface area contributed by atoms with Gasteiger partial charge in [0.25, 0.3) is 5.91 Å². The van der Waals surface area contributed by atoms with Crippen LogP contribution in [-0.2, 0) is 18.0 Å². The summed E-state index contributed by atoms with van der Waals surface area (Å²) in [5.74, 6) is 1.08. The van der Waals surface area contributed by atoms with Crippen LogP contribution in [0.5, 0.6) is 17.2 Å². The zero-order chi connectivity index (χ0) is 27.6. The highest BCUT2D eigenvalue weighted by Crippen LogP contribution is 2.31. The summed E-state index contributed by atoms with van der Waals surface area (Å²) >= 11 is 12.1. The van der Waals surface area contributed by atoms with Crippen molar-refractivity contribution in [3.63, 3.8) is 0 Å². The molecular formula is C31H24Cl2N2O4. The molecule has 0 aromatic heterocycles. The van der Waals surface area contributed by atoms with Crippen LogP contribution in [0.15, 0.2) is 96.6 Å². The van der Waals surface area contributed by atoms with Gasteiger partial charge >= 0.3 is 0 Å². The molecule has 0 fully saturated rings. The lowest BCUT2D eigenvalue weighted by atomic mass is 10.1. The Morgan fingerprint density at radius 2 is 1.49 bits per heavy atom. The lowest BCUT2D eigenvalue weighted by molar-refractivity contribution is -0.112. The van der Waals surface area contributed by atoms with E-state index < -0.39 is 5.91 Å². The molecule has 0 heterocycles. The van der Waals surface area contributed by atoms with E-state index in [0.29, 0.717) is 45.2 Å². The standard InChI is InChI=1S/C31H24Cl2N2O4/c1-37-30-15-22(7-13-29(30)39-19-21-5-3-2-4-6-21)20-38-28-14-10-26(33)17-23(28)16-24(18-34)31(36)35-27-11-8-25(32)9-12-27/h2-17H,19-20H2,1H3,(H,35,36)/b24-16-. The first kappa shape index (κ1) is 27.6. The molecule has 0 bridgehead atoms. The molecule has 0 saturated carbocycles. The largest absolute Gasteiger partial charge is 0.493 e. The number of amides is 1. The van der Waals surface area contributed by atoms with Crippen molar-refractivity contribution in [2.45, 2.75) is 13.2 Å². The van der Waals surface area contributed by atoms with E-state index in [4.69, 9.17) is 37.4 Å². The number of hydrogen-bond acceptors (Lipinski definition) is 5. The second-order valence-electron chi connectivity index (χ2n) is 8.36. The molecule has 39 heavy (non-hydrogen) atoms. The summed E-state index contributed by atoms with van der Waals surface area (Å²) in [6.07, 6.45) is 1.44. The molecule has 4 aromatic carbocycles. The van der Waals surface area contributed by atoms with Crippen molar-refractivity contribution in [2.75, 3.05) is 12.4 Å². The Hall–Kier alpha value is -4.44. The highest BCUT2D eigenvalue weighted by Gasteiger charge is 2.13. The SMILES string of the molecule is COc1cc(COc2ccc(Cl)cc2/C=C(/C#N)C(=O)Nc2ccc(Cl)cc2)ccc1OCc1ccccc1. The minimum absolute atomic E-state index is 0.112. The maximum absolute atomic E-state index is 12.7. The maximum Gasteiger partial charge on any atom is 0.266 e. The number of halogens is 2. The molecule has 0 aliphatic rings. The Bertz CT molecular complexity index is 1510. The zero-order valence-electron chi connectivity index (χ0n) is 21.0. The smallest absolute Gasteiger partial charge is 0.266 e. The third-order valence-electron chi connectivity index (χ3n) is 5.60. The fourth-order valence-corrected chi connectivity index (χ4v) is 3.92. The van der Waals surface area contributed by atoms with Gasteiger partial charge in [-0.1, -0.05) is 59.6 Å². The van der Waals surface area contributed by atoms with Crippen LogP contribution in [0, 0.1) is 11.3 Å². The quantitative estimate of drug-likeness (QED) is 0.159. The molecule has 0 aliphatic carbocycles. The number of hydrogen-bond donors (Lipinski definition) is 1. The Balaban J connectivity index is 1.48. The minimum atomic E-state index is -0.568. The highest BCUT2D eigenvalue weighted by atomic mass is 35.5. The second-order valence-corrected chi connectivity index (χ2v) is 9.23. The molecule has 1 amide bonds. The molecule has 4 rings (SSSR count). The van der Waals surface area contributed by atoms with Gasteiger partial charge < -0.3 is 19.5 Å². The first-order valence-electron chi connectivity index (χ1n) is 11.9. The number of nitrogens with zero attached hydrogens (tertiary/aromatic N) is 1. The fourth-order valence-electron chi connectivity index (χ4n) is 3.62. The molecular weight excluding hydrogens is 535 g/mol. The average molecular weight is 559 g/mol. The second kappa shape index (κ2) is 13.4. The van der Waals surface area contributed by atoms with E-state index in [-0.39, 0.29) is 12.2 Å². The van der Waals surface area contributed by atoms with Crippen LogP contribution < -0.4 is 19.5 Å². The van der Waals surface area contributed by atoms with Crippen LogP contribution in [-0.4, -0.2) is 13.0 Å². The number of carbonyl (C=O) groups excluding carboxylic acids is 1. The zero-order valence-corrected chi connectivity index (χ0v) is 22.5. The summed E-state index contributed by atoms with van der Waals surface area (Å²) in [6, 6.07) is 28.9. The van der Waals surface area contributed by atoms with Crippen LogP contribution in [0.2, 0.25) is 10.0 Å². The number of nitrogens with one attached hydrogen (secondary N) is 1. The molecule has 0 radical (unpaired) electrons.